The Kier molecular flexibility index (Phi) is 6.37. The van der Waals surface area contributed by atoms with Crippen LogP contribution in [0, 0.1) is 0 Å². The summed E-state index contributed by atoms with van der Waals surface area (Å²) in [5.41, 5.74) is 5.68. The Morgan fingerprint density at radius 1 is 0.946 bits per heavy atom. The van der Waals surface area contributed by atoms with Crippen LogP contribution in [0.1, 0.15) is 28.0 Å². The van der Waals surface area contributed by atoms with Crippen molar-refractivity contribution in [3.05, 3.63) is 106 Å². The number of aromatic amines is 1. The number of aromatic nitrogens is 2. The van der Waals surface area contributed by atoms with Crippen molar-refractivity contribution in [2.45, 2.75) is 25.3 Å². The van der Waals surface area contributed by atoms with Gasteiger partial charge in [-0.05, 0) is 42.5 Å². The number of nitrogens with one attached hydrogen (secondary N) is 3. The van der Waals surface area contributed by atoms with E-state index < -0.39 is 0 Å². The minimum atomic E-state index is -0.312. The van der Waals surface area contributed by atoms with Crippen molar-refractivity contribution in [2.75, 3.05) is 31.5 Å². The highest BCUT2D eigenvalue weighted by Crippen LogP contribution is 2.30. The van der Waals surface area contributed by atoms with Crippen LogP contribution in [0.5, 0.6) is 0 Å². The summed E-state index contributed by atoms with van der Waals surface area (Å²) in [5, 5.41) is 6.89. The highest BCUT2D eigenvalue weighted by atomic mass is 16.2. The zero-order valence-electron chi connectivity index (χ0n) is 20.7. The number of carbonyl (C=O) groups is 1. The number of carbonyl (C=O) groups excluding carboxylic acids is 1. The van der Waals surface area contributed by atoms with Gasteiger partial charge in [0.25, 0.3) is 5.91 Å². The minimum Gasteiger partial charge on any atom is -0.385 e. The molecule has 1 fully saturated rings. The van der Waals surface area contributed by atoms with E-state index in [2.05, 4.69) is 33.8 Å². The van der Waals surface area contributed by atoms with Crippen LogP contribution in [0.2, 0.25) is 0 Å². The molecule has 3 heterocycles. The number of amides is 1. The number of rotatable bonds is 5. The Labute approximate surface area is 216 Å². The van der Waals surface area contributed by atoms with Crippen LogP contribution in [0.15, 0.2) is 83.7 Å². The summed E-state index contributed by atoms with van der Waals surface area (Å²) < 4.78 is 1.65. The number of hydrogen-bond acceptors (Lipinski definition) is 4. The first-order valence-electron chi connectivity index (χ1n) is 13.0. The normalized spacial score (nSPS) is 17.2. The number of hydrogen-bond donors (Lipinski definition) is 3. The highest BCUT2D eigenvalue weighted by Gasteiger charge is 2.32. The van der Waals surface area contributed by atoms with E-state index in [1.165, 1.54) is 11.1 Å². The predicted octanol–water partition coefficient (Wildman–Crippen LogP) is 3.85. The second-order valence-corrected chi connectivity index (χ2v) is 9.77. The number of fused-ring (bicyclic) bond motifs is 1. The number of piperazine rings is 1. The van der Waals surface area contributed by atoms with Crippen molar-refractivity contribution in [3.8, 4) is 16.9 Å². The zero-order valence-corrected chi connectivity index (χ0v) is 20.7. The Bertz CT molecular complexity index is 1460. The molecule has 188 valence electrons. The van der Waals surface area contributed by atoms with Crippen LogP contribution in [-0.4, -0.2) is 52.6 Å². The molecule has 3 aromatic carbocycles. The van der Waals surface area contributed by atoms with Crippen molar-refractivity contribution in [1.29, 1.82) is 0 Å². The standard InChI is InChI=1S/C30H31N5O2/c36-29(34-17-16-31-20-25(34)18-21-8-3-1-4-9-21)27-28(23-10-5-2-6-11-23)35(30(37)33-27)24-14-13-22-12-7-15-32-26(22)19-24/h1-6,8-11,13-14,19,25,31-32H,7,12,15-18,20H2,(H,33,37)/t25-/m1/s1. The summed E-state index contributed by atoms with van der Waals surface area (Å²) in [6.45, 7) is 2.93. The zero-order chi connectivity index (χ0) is 25.2. The van der Waals surface area contributed by atoms with Gasteiger partial charge in [0.1, 0.15) is 5.69 Å². The summed E-state index contributed by atoms with van der Waals surface area (Å²) in [6.07, 6.45) is 2.87. The van der Waals surface area contributed by atoms with E-state index in [9.17, 15) is 9.59 Å². The van der Waals surface area contributed by atoms with Gasteiger partial charge in [0, 0.05) is 43.5 Å². The van der Waals surface area contributed by atoms with Gasteiger partial charge in [-0.2, -0.15) is 0 Å². The molecule has 0 unspecified atom stereocenters. The molecule has 1 amide bonds. The van der Waals surface area contributed by atoms with Crippen LogP contribution in [0.4, 0.5) is 5.69 Å². The Morgan fingerprint density at radius 3 is 2.54 bits per heavy atom. The fraction of sp³-hybridized carbons (Fsp3) is 0.267. The maximum absolute atomic E-state index is 14.1. The lowest BCUT2D eigenvalue weighted by atomic mass is 10.0. The van der Waals surface area contributed by atoms with E-state index in [1.54, 1.807) is 4.57 Å². The van der Waals surface area contributed by atoms with Gasteiger partial charge in [-0.1, -0.05) is 66.7 Å². The molecule has 7 nitrogen and oxygen atoms in total. The second kappa shape index (κ2) is 10.1. The third-order valence-corrected chi connectivity index (χ3v) is 7.37. The maximum Gasteiger partial charge on any atom is 0.331 e. The number of anilines is 1. The van der Waals surface area contributed by atoms with Crippen molar-refractivity contribution in [1.82, 2.24) is 19.8 Å². The summed E-state index contributed by atoms with van der Waals surface area (Å²) in [7, 11) is 0. The molecule has 0 bridgehead atoms. The summed E-state index contributed by atoms with van der Waals surface area (Å²) in [5.74, 6) is -0.145. The van der Waals surface area contributed by atoms with E-state index in [-0.39, 0.29) is 17.6 Å². The van der Waals surface area contributed by atoms with Crippen LogP contribution in [0.25, 0.3) is 16.9 Å². The van der Waals surface area contributed by atoms with E-state index in [4.69, 9.17) is 0 Å². The maximum atomic E-state index is 14.1. The number of aryl methyl sites for hydroxylation is 1. The lowest BCUT2D eigenvalue weighted by Gasteiger charge is -2.36. The van der Waals surface area contributed by atoms with E-state index in [0.717, 1.165) is 49.3 Å². The summed E-state index contributed by atoms with van der Waals surface area (Å²) >= 11 is 0. The lowest BCUT2D eigenvalue weighted by Crippen LogP contribution is -2.54. The molecule has 2 aliphatic heterocycles. The highest BCUT2D eigenvalue weighted by molar-refractivity contribution is 5.99. The third kappa shape index (κ3) is 4.58. The molecule has 0 aliphatic carbocycles. The average molecular weight is 494 g/mol. The molecule has 1 saturated heterocycles. The lowest BCUT2D eigenvalue weighted by molar-refractivity contribution is 0.0631. The quantitative estimate of drug-likeness (QED) is 0.395. The molecular formula is C30H31N5O2. The number of imidazole rings is 1. The van der Waals surface area contributed by atoms with Crippen LogP contribution in [0.3, 0.4) is 0 Å². The van der Waals surface area contributed by atoms with Crippen molar-refractivity contribution in [2.24, 2.45) is 0 Å². The number of nitrogens with zero attached hydrogens (tertiary/aromatic N) is 2. The largest absolute Gasteiger partial charge is 0.385 e. The van der Waals surface area contributed by atoms with Gasteiger partial charge in [-0.3, -0.25) is 9.36 Å². The first-order valence-corrected chi connectivity index (χ1v) is 13.0. The molecule has 6 rings (SSSR count). The van der Waals surface area contributed by atoms with Crippen LogP contribution in [-0.2, 0) is 12.8 Å². The monoisotopic (exact) mass is 493 g/mol. The average Bonchev–Trinajstić information content (AvgIpc) is 3.30. The van der Waals surface area contributed by atoms with Crippen molar-refractivity contribution in [3.63, 3.8) is 0 Å². The van der Waals surface area contributed by atoms with Gasteiger partial charge in [-0.15, -0.1) is 0 Å². The SMILES string of the molecule is O=C(c1[nH]c(=O)n(-c2ccc3c(c2)NCCC3)c1-c1ccccc1)N1CCNC[C@H]1Cc1ccccc1. The summed E-state index contributed by atoms with van der Waals surface area (Å²) in [4.78, 5) is 32.5. The topological polar surface area (TPSA) is 82.2 Å². The molecule has 7 heteroatoms. The molecular weight excluding hydrogens is 462 g/mol. The summed E-state index contributed by atoms with van der Waals surface area (Å²) in [6, 6.07) is 26.0. The molecule has 0 radical (unpaired) electrons. The van der Waals surface area contributed by atoms with Crippen molar-refractivity contribution < 1.29 is 4.79 Å². The van der Waals surface area contributed by atoms with Crippen molar-refractivity contribution >= 4 is 11.6 Å². The molecule has 4 aromatic rings. The van der Waals surface area contributed by atoms with Crippen LogP contribution < -0.4 is 16.3 Å². The Morgan fingerprint density at radius 2 is 1.73 bits per heavy atom. The van der Waals surface area contributed by atoms with Gasteiger partial charge in [0.05, 0.1) is 11.4 Å². The Balaban J connectivity index is 1.43. The first kappa shape index (κ1) is 23.3. The molecule has 2 aliphatic rings. The Hall–Kier alpha value is -4.10. The van der Waals surface area contributed by atoms with Gasteiger partial charge >= 0.3 is 5.69 Å². The van der Waals surface area contributed by atoms with Gasteiger partial charge in [-0.25, -0.2) is 4.79 Å². The third-order valence-electron chi connectivity index (χ3n) is 7.37. The molecule has 37 heavy (non-hydrogen) atoms. The smallest absolute Gasteiger partial charge is 0.331 e. The van der Waals surface area contributed by atoms with Gasteiger partial charge in [0.2, 0.25) is 0 Å². The first-order chi connectivity index (χ1) is 18.2. The fourth-order valence-corrected chi connectivity index (χ4v) is 5.53. The van der Waals surface area contributed by atoms with E-state index in [0.29, 0.717) is 24.5 Å². The van der Waals surface area contributed by atoms with E-state index >= 15 is 0 Å². The number of H-pyrrole nitrogens is 1. The van der Waals surface area contributed by atoms with Gasteiger partial charge in [0.15, 0.2) is 0 Å². The van der Waals surface area contributed by atoms with Crippen LogP contribution >= 0.6 is 0 Å². The second-order valence-electron chi connectivity index (χ2n) is 9.77. The molecule has 1 aromatic heterocycles. The molecule has 1 atom stereocenters. The predicted molar refractivity (Wildman–Crippen MR) is 146 cm³/mol. The molecule has 0 saturated carbocycles. The minimum absolute atomic E-state index is 0.00734. The van der Waals surface area contributed by atoms with E-state index in [1.807, 2.05) is 65.6 Å². The molecule has 3 N–H and O–H groups in total. The van der Waals surface area contributed by atoms with Gasteiger partial charge < -0.3 is 20.5 Å². The molecule has 0 spiro atoms. The number of benzene rings is 3. The fourth-order valence-electron chi connectivity index (χ4n) is 5.53.